The molecule has 0 aliphatic heterocycles. The second kappa shape index (κ2) is 8.71. The largest absolute Gasteiger partial charge is 0.497 e. The van der Waals surface area contributed by atoms with Gasteiger partial charge in [-0.2, -0.15) is 0 Å². The van der Waals surface area contributed by atoms with Crippen molar-refractivity contribution in [1.82, 2.24) is 19.6 Å². The van der Waals surface area contributed by atoms with Crippen molar-refractivity contribution < 1.29 is 9.53 Å². The van der Waals surface area contributed by atoms with Crippen LogP contribution >= 0.6 is 23.1 Å². The van der Waals surface area contributed by atoms with Gasteiger partial charge in [0.15, 0.2) is 10.8 Å². The van der Waals surface area contributed by atoms with Gasteiger partial charge in [0.05, 0.1) is 18.2 Å². The number of methoxy groups -OCH3 is 1. The minimum absolute atomic E-state index is 0.0918. The molecule has 3 aromatic heterocycles. The molecule has 4 aromatic rings. The van der Waals surface area contributed by atoms with Gasteiger partial charge in [0, 0.05) is 17.0 Å². The van der Waals surface area contributed by atoms with E-state index in [-0.39, 0.29) is 11.7 Å². The molecule has 0 saturated carbocycles. The Morgan fingerprint density at radius 1 is 1.31 bits per heavy atom. The number of carbonyl (C=O) groups excluding carboxylic acids is 1. The van der Waals surface area contributed by atoms with Crippen LogP contribution in [0.5, 0.6) is 5.75 Å². The van der Waals surface area contributed by atoms with Gasteiger partial charge in [-0.15, -0.1) is 21.5 Å². The molecule has 9 heteroatoms. The fourth-order valence-corrected chi connectivity index (χ4v) is 6.36. The number of nitrogens with one attached hydrogen (secondary N) is 1. The highest BCUT2D eigenvalue weighted by molar-refractivity contribution is 7.99. The Labute approximate surface area is 194 Å². The molecule has 0 radical (unpaired) electrons. The van der Waals surface area contributed by atoms with Gasteiger partial charge < -0.3 is 10.1 Å². The van der Waals surface area contributed by atoms with Crippen molar-refractivity contribution in [2.75, 3.05) is 18.2 Å². The van der Waals surface area contributed by atoms with E-state index >= 15 is 0 Å². The lowest BCUT2D eigenvalue weighted by Crippen LogP contribution is -2.14. The first-order valence-electron chi connectivity index (χ1n) is 10.8. The molecule has 1 aliphatic rings. The van der Waals surface area contributed by atoms with Gasteiger partial charge in [-0.25, -0.2) is 4.98 Å². The van der Waals surface area contributed by atoms with Crippen LogP contribution in [0.25, 0.3) is 15.9 Å². The van der Waals surface area contributed by atoms with Gasteiger partial charge in [-0.05, 0) is 55.0 Å². The number of nitrogens with zero attached hydrogens (tertiary/aromatic N) is 4. The number of hydrogen-bond donors (Lipinski definition) is 1. The Hall–Kier alpha value is -2.65. The smallest absolute Gasteiger partial charge is 0.234 e. The lowest BCUT2D eigenvalue weighted by Gasteiger charge is -2.17. The van der Waals surface area contributed by atoms with E-state index in [1.54, 1.807) is 7.11 Å². The molecule has 7 nitrogen and oxygen atoms in total. The number of thiophene rings is 1. The molecule has 166 valence electrons. The molecule has 1 aliphatic carbocycles. The number of fused-ring (bicyclic) bond motifs is 5. The van der Waals surface area contributed by atoms with Gasteiger partial charge in [0.2, 0.25) is 5.91 Å². The molecule has 1 aromatic carbocycles. The second-order valence-corrected chi connectivity index (χ2v) is 10.1. The van der Waals surface area contributed by atoms with Crippen molar-refractivity contribution in [1.29, 1.82) is 0 Å². The van der Waals surface area contributed by atoms with Gasteiger partial charge in [0.25, 0.3) is 0 Å². The van der Waals surface area contributed by atoms with Crippen LogP contribution in [-0.4, -0.2) is 38.4 Å². The van der Waals surface area contributed by atoms with Crippen LogP contribution in [0.4, 0.5) is 5.69 Å². The quantitative estimate of drug-likeness (QED) is 0.412. The summed E-state index contributed by atoms with van der Waals surface area (Å²) < 4.78 is 7.20. The predicted molar refractivity (Wildman–Crippen MR) is 129 cm³/mol. The zero-order valence-corrected chi connectivity index (χ0v) is 20.0. The third kappa shape index (κ3) is 3.84. The van der Waals surface area contributed by atoms with Crippen molar-refractivity contribution >= 4 is 50.6 Å². The summed E-state index contributed by atoms with van der Waals surface area (Å²) in [7, 11) is 1.62. The van der Waals surface area contributed by atoms with E-state index in [1.807, 2.05) is 40.0 Å². The topological polar surface area (TPSA) is 81.4 Å². The SMILES string of the molecule is CCc1nc2sc3c(c2c2nnc(SCC(=O)Nc4ccc(OC)cc4)n12)CC[C@H](C)C3. The van der Waals surface area contributed by atoms with Crippen LogP contribution < -0.4 is 10.1 Å². The minimum Gasteiger partial charge on any atom is -0.497 e. The van der Waals surface area contributed by atoms with Crippen LogP contribution in [-0.2, 0) is 24.1 Å². The number of thioether (sulfide) groups is 1. The summed E-state index contributed by atoms with van der Waals surface area (Å²) in [5.41, 5.74) is 3.00. The molecule has 0 saturated heterocycles. The summed E-state index contributed by atoms with van der Waals surface area (Å²) in [6.07, 6.45) is 4.15. The van der Waals surface area contributed by atoms with E-state index in [4.69, 9.17) is 9.72 Å². The average molecular weight is 468 g/mol. The van der Waals surface area contributed by atoms with Crippen molar-refractivity contribution in [2.24, 2.45) is 5.92 Å². The zero-order valence-electron chi connectivity index (χ0n) is 18.3. The Morgan fingerprint density at radius 3 is 2.88 bits per heavy atom. The maximum atomic E-state index is 12.5. The fraction of sp³-hybridized carbons (Fsp3) is 0.391. The summed E-state index contributed by atoms with van der Waals surface area (Å²) in [4.78, 5) is 20.0. The molecular formula is C23H25N5O2S2. The number of carbonyl (C=O) groups is 1. The van der Waals surface area contributed by atoms with E-state index in [0.717, 1.165) is 52.4 Å². The van der Waals surface area contributed by atoms with Crippen LogP contribution in [0.15, 0.2) is 29.4 Å². The highest BCUT2D eigenvalue weighted by Gasteiger charge is 2.25. The maximum Gasteiger partial charge on any atom is 0.234 e. The standard InChI is InChI=1S/C23H25N5O2S2/c1-4-18-25-22-20(16-10-5-13(2)11-17(16)32-22)21-26-27-23(28(18)21)31-12-19(29)24-14-6-8-15(30-3)9-7-14/h6-9,13H,4-5,10-12H2,1-3H3,(H,24,29)/t13-/m0/s1. The van der Waals surface area contributed by atoms with Gasteiger partial charge in [0.1, 0.15) is 16.4 Å². The monoisotopic (exact) mass is 467 g/mol. The summed E-state index contributed by atoms with van der Waals surface area (Å²) in [5, 5.41) is 13.8. The Bertz CT molecular complexity index is 1300. The molecule has 1 N–H and O–H groups in total. The van der Waals surface area contributed by atoms with E-state index in [1.165, 1.54) is 28.6 Å². The molecule has 5 rings (SSSR count). The fourth-order valence-electron chi connectivity index (χ4n) is 4.21. The number of ether oxygens (including phenoxy) is 1. The van der Waals surface area contributed by atoms with Gasteiger partial charge in [-0.3, -0.25) is 9.20 Å². The number of hydrogen-bond acceptors (Lipinski definition) is 7. The van der Waals surface area contributed by atoms with Crippen LogP contribution in [0.1, 0.15) is 36.5 Å². The number of amides is 1. The zero-order chi connectivity index (χ0) is 22.2. The van der Waals surface area contributed by atoms with Gasteiger partial charge in [-0.1, -0.05) is 25.6 Å². The van der Waals surface area contributed by atoms with Crippen LogP contribution in [0.3, 0.4) is 0 Å². The van der Waals surface area contributed by atoms with E-state index in [2.05, 4.69) is 29.4 Å². The van der Waals surface area contributed by atoms with E-state index in [0.29, 0.717) is 11.1 Å². The van der Waals surface area contributed by atoms with E-state index in [9.17, 15) is 4.79 Å². The summed E-state index contributed by atoms with van der Waals surface area (Å²) in [6.45, 7) is 4.41. The highest BCUT2D eigenvalue weighted by atomic mass is 32.2. The summed E-state index contributed by atoms with van der Waals surface area (Å²) in [6, 6.07) is 7.29. The molecule has 0 spiro atoms. The Balaban J connectivity index is 1.41. The molecule has 0 fully saturated rings. The molecule has 0 bridgehead atoms. The Morgan fingerprint density at radius 2 is 2.12 bits per heavy atom. The molecule has 32 heavy (non-hydrogen) atoms. The van der Waals surface area contributed by atoms with Crippen LogP contribution in [0, 0.1) is 5.92 Å². The molecular weight excluding hydrogens is 442 g/mol. The summed E-state index contributed by atoms with van der Waals surface area (Å²) >= 11 is 3.19. The van der Waals surface area contributed by atoms with E-state index < -0.39 is 0 Å². The van der Waals surface area contributed by atoms with Gasteiger partial charge >= 0.3 is 0 Å². The third-order valence-corrected chi connectivity index (χ3v) is 7.94. The number of aryl methyl sites for hydroxylation is 2. The second-order valence-electron chi connectivity index (χ2n) is 8.12. The van der Waals surface area contributed by atoms with Crippen molar-refractivity contribution in [2.45, 2.75) is 44.7 Å². The number of anilines is 1. The number of benzene rings is 1. The lowest BCUT2D eigenvalue weighted by atomic mass is 9.89. The van der Waals surface area contributed by atoms with Crippen molar-refractivity contribution in [3.63, 3.8) is 0 Å². The lowest BCUT2D eigenvalue weighted by molar-refractivity contribution is -0.113. The number of aromatic nitrogens is 4. The van der Waals surface area contributed by atoms with Crippen molar-refractivity contribution in [3.05, 3.63) is 40.5 Å². The first-order chi connectivity index (χ1) is 15.6. The van der Waals surface area contributed by atoms with Crippen molar-refractivity contribution in [3.8, 4) is 5.75 Å². The first kappa shape index (κ1) is 21.2. The Kier molecular flexibility index (Phi) is 5.77. The number of rotatable bonds is 6. The third-order valence-electron chi connectivity index (χ3n) is 5.86. The molecule has 0 unspecified atom stereocenters. The average Bonchev–Trinajstić information content (AvgIpc) is 3.38. The first-order valence-corrected chi connectivity index (χ1v) is 12.6. The molecule has 1 atom stereocenters. The molecule has 1 amide bonds. The normalized spacial score (nSPS) is 15.8. The summed E-state index contributed by atoms with van der Waals surface area (Å²) in [5.74, 6) is 2.55. The predicted octanol–water partition coefficient (Wildman–Crippen LogP) is 4.77. The highest BCUT2D eigenvalue weighted by Crippen LogP contribution is 2.39. The molecule has 3 heterocycles. The van der Waals surface area contributed by atoms with Crippen LogP contribution in [0.2, 0.25) is 0 Å². The minimum atomic E-state index is -0.0918. The maximum absolute atomic E-state index is 12.5.